The van der Waals surface area contributed by atoms with Crippen molar-refractivity contribution in [3.05, 3.63) is 79.7 Å². The first kappa shape index (κ1) is 30.9. The van der Waals surface area contributed by atoms with Crippen LogP contribution in [0.5, 0.6) is 11.5 Å². The smallest absolute Gasteiger partial charge is 0.339 e. The quantitative estimate of drug-likeness (QED) is 0.252. The fourth-order valence-corrected chi connectivity index (χ4v) is 6.89. The molecule has 0 fully saturated rings. The highest BCUT2D eigenvalue weighted by molar-refractivity contribution is 7.87. The molecule has 38 heavy (non-hydrogen) atoms. The molecule has 0 N–H and O–H groups in total. The molecule has 0 heterocycles. The molecule has 0 radical (unpaired) electrons. The summed E-state index contributed by atoms with van der Waals surface area (Å²) >= 11 is 24.0. The molecule has 0 aliphatic rings. The zero-order valence-corrected chi connectivity index (χ0v) is 26.1. The van der Waals surface area contributed by atoms with Gasteiger partial charge >= 0.3 is 20.2 Å². The van der Waals surface area contributed by atoms with Crippen LogP contribution in [-0.2, 0) is 31.1 Å². The van der Waals surface area contributed by atoms with Crippen molar-refractivity contribution >= 4 is 66.6 Å². The van der Waals surface area contributed by atoms with Crippen molar-refractivity contribution in [1.29, 1.82) is 0 Å². The van der Waals surface area contributed by atoms with E-state index in [0.29, 0.717) is 11.1 Å². The highest BCUT2D eigenvalue weighted by Gasteiger charge is 2.32. The average molecular weight is 640 g/mol. The van der Waals surface area contributed by atoms with E-state index in [1.807, 2.05) is 41.5 Å². The second kappa shape index (κ2) is 10.7. The summed E-state index contributed by atoms with van der Waals surface area (Å²) in [5, 5.41) is 0.504. The first-order chi connectivity index (χ1) is 17.2. The van der Waals surface area contributed by atoms with E-state index in [4.69, 9.17) is 54.8 Å². The Labute approximate surface area is 244 Å². The maximum absolute atomic E-state index is 13.2. The molecule has 0 aromatic heterocycles. The number of halogens is 4. The fraction of sp³-hybridized carbons (Fsp3) is 0.308. The summed E-state index contributed by atoms with van der Waals surface area (Å²) < 4.78 is 64.1. The van der Waals surface area contributed by atoms with Gasteiger partial charge in [-0.15, -0.1) is 0 Å². The lowest BCUT2D eigenvalue weighted by molar-refractivity contribution is 0.451. The average Bonchev–Trinajstić information content (AvgIpc) is 2.71. The molecule has 0 amide bonds. The summed E-state index contributed by atoms with van der Waals surface area (Å²) in [5.41, 5.74) is -0.601. The van der Waals surface area contributed by atoms with Gasteiger partial charge in [0.15, 0.2) is 0 Å². The molecule has 0 unspecified atom stereocenters. The number of hydrogen-bond donors (Lipinski definition) is 0. The SMILES string of the molecule is CC(C)(C)c1cc(OS(=O)(=O)c2cc(Cl)cc(Cl)c2)c(C(C)(C)C)cc1OS(=O)(=O)c1cc(Cl)cc(Cl)c1. The number of rotatable bonds is 6. The third-order valence-corrected chi connectivity index (χ3v) is 8.64. The molecule has 0 saturated carbocycles. The molecule has 6 nitrogen and oxygen atoms in total. The monoisotopic (exact) mass is 638 g/mol. The Morgan fingerprint density at radius 3 is 1.00 bits per heavy atom. The Morgan fingerprint density at radius 1 is 0.500 bits per heavy atom. The summed E-state index contributed by atoms with van der Waals surface area (Å²) in [6, 6.07) is 10.7. The second-order valence-electron chi connectivity index (χ2n) is 10.6. The summed E-state index contributed by atoms with van der Waals surface area (Å²) in [5.74, 6) is 0.0168. The summed E-state index contributed by atoms with van der Waals surface area (Å²) in [6.07, 6.45) is 0. The topological polar surface area (TPSA) is 86.7 Å². The van der Waals surface area contributed by atoms with Crippen molar-refractivity contribution in [2.75, 3.05) is 0 Å². The van der Waals surface area contributed by atoms with Crippen molar-refractivity contribution in [3.8, 4) is 11.5 Å². The largest absolute Gasteiger partial charge is 0.379 e. The molecular formula is C26H26Cl4O6S2. The minimum absolute atomic E-state index is 0.00840. The van der Waals surface area contributed by atoms with Crippen LogP contribution in [0.2, 0.25) is 20.1 Å². The van der Waals surface area contributed by atoms with E-state index < -0.39 is 31.1 Å². The highest BCUT2D eigenvalue weighted by Crippen LogP contribution is 2.43. The van der Waals surface area contributed by atoms with Crippen LogP contribution in [0.25, 0.3) is 0 Å². The van der Waals surface area contributed by atoms with Crippen LogP contribution in [0.4, 0.5) is 0 Å². The highest BCUT2D eigenvalue weighted by atomic mass is 35.5. The van der Waals surface area contributed by atoms with Crippen molar-refractivity contribution < 1.29 is 25.2 Å². The second-order valence-corrected chi connectivity index (χ2v) is 15.5. The predicted octanol–water partition coefficient (Wildman–Crippen LogP) is 8.43. The minimum atomic E-state index is -4.36. The zero-order valence-electron chi connectivity index (χ0n) is 21.4. The van der Waals surface area contributed by atoms with Gasteiger partial charge in [-0.25, -0.2) is 0 Å². The molecule has 3 aromatic carbocycles. The maximum atomic E-state index is 13.2. The van der Waals surface area contributed by atoms with Crippen LogP contribution < -0.4 is 8.37 Å². The van der Waals surface area contributed by atoms with E-state index in [1.54, 1.807) is 0 Å². The van der Waals surface area contributed by atoms with Gasteiger partial charge < -0.3 is 8.37 Å². The molecule has 0 saturated heterocycles. The van der Waals surface area contributed by atoms with Gasteiger partial charge in [-0.05, 0) is 59.4 Å². The zero-order chi connectivity index (χ0) is 28.8. The Bertz CT molecular complexity index is 1440. The van der Waals surface area contributed by atoms with Crippen molar-refractivity contribution in [1.82, 2.24) is 0 Å². The normalized spacial score (nSPS) is 12.9. The van der Waals surface area contributed by atoms with Gasteiger partial charge in [0, 0.05) is 31.2 Å². The van der Waals surface area contributed by atoms with E-state index in [2.05, 4.69) is 0 Å². The number of benzene rings is 3. The van der Waals surface area contributed by atoms with Crippen LogP contribution in [0.1, 0.15) is 52.7 Å². The molecule has 0 bridgehead atoms. The van der Waals surface area contributed by atoms with Crippen LogP contribution >= 0.6 is 46.4 Å². The van der Waals surface area contributed by atoms with Gasteiger partial charge in [0.1, 0.15) is 21.3 Å². The summed E-state index contributed by atoms with van der Waals surface area (Å²) in [7, 11) is -8.72. The fourth-order valence-electron chi connectivity index (χ4n) is 3.55. The molecular weight excluding hydrogens is 614 g/mol. The van der Waals surface area contributed by atoms with Crippen LogP contribution in [0, 0.1) is 0 Å². The van der Waals surface area contributed by atoms with Crippen molar-refractivity contribution in [2.45, 2.75) is 62.2 Å². The van der Waals surface area contributed by atoms with E-state index in [-0.39, 0.29) is 41.4 Å². The molecule has 0 aliphatic carbocycles. The van der Waals surface area contributed by atoms with Crippen LogP contribution in [0.3, 0.4) is 0 Å². The summed E-state index contributed by atoms with van der Waals surface area (Å²) in [4.78, 5) is -0.458. The minimum Gasteiger partial charge on any atom is -0.379 e. The molecule has 0 atom stereocenters. The van der Waals surface area contributed by atoms with Gasteiger partial charge in [-0.3, -0.25) is 0 Å². The van der Waals surface area contributed by atoms with Crippen LogP contribution in [-0.4, -0.2) is 16.8 Å². The predicted molar refractivity (Wildman–Crippen MR) is 152 cm³/mol. The van der Waals surface area contributed by atoms with Gasteiger partial charge in [-0.2, -0.15) is 16.8 Å². The van der Waals surface area contributed by atoms with E-state index in [1.165, 1.54) is 48.5 Å². The molecule has 3 aromatic rings. The maximum Gasteiger partial charge on any atom is 0.339 e. The molecule has 12 heteroatoms. The van der Waals surface area contributed by atoms with E-state index >= 15 is 0 Å². The van der Waals surface area contributed by atoms with Gasteiger partial charge in [0.25, 0.3) is 0 Å². The van der Waals surface area contributed by atoms with Gasteiger partial charge in [-0.1, -0.05) is 87.9 Å². The molecule has 0 spiro atoms. The van der Waals surface area contributed by atoms with E-state index in [9.17, 15) is 16.8 Å². The molecule has 3 rings (SSSR count). The Balaban J connectivity index is 2.21. The first-order valence-corrected chi connectivity index (χ1v) is 15.5. The van der Waals surface area contributed by atoms with Gasteiger partial charge in [0.05, 0.1) is 0 Å². The van der Waals surface area contributed by atoms with Gasteiger partial charge in [0.2, 0.25) is 0 Å². The van der Waals surface area contributed by atoms with Crippen molar-refractivity contribution in [2.24, 2.45) is 0 Å². The third kappa shape index (κ3) is 7.29. The lowest BCUT2D eigenvalue weighted by atomic mass is 9.81. The summed E-state index contributed by atoms with van der Waals surface area (Å²) in [6.45, 7) is 10.9. The Hall–Kier alpha value is -1.68. The van der Waals surface area contributed by atoms with Crippen molar-refractivity contribution in [3.63, 3.8) is 0 Å². The number of hydrogen-bond acceptors (Lipinski definition) is 6. The third-order valence-electron chi connectivity index (χ3n) is 5.35. The lowest BCUT2D eigenvalue weighted by Crippen LogP contribution is -2.21. The standard InChI is InChI=1S/C26H26Cl4O6S2/c1-25(2,3)21-13-24(36-38(33,34)20-11-17(29)8-18(30)12-20)22(26(4,5)6)14-23(21)35-37(31,32)19-9-15(27)7-16(28)10-19/h7-14H,1-6H3. The Kier molecular flexibility index (Phi) is 8.70. The first-order valence-electron chi connectivity index (χ1n) is 11.2. The lowest BCUT2D eigenvalue weighted by Gasteiger charge is -2.28. The molecule has 206 valence electrons. The van der Waals surface area contributed by atoms with E-state index in [0.717, 1.165) is 0 Å². The van der Waals surface area contributed by atoms with Crippen LogP contribution in [0.15, 0.2) is 58.3 Å². The molecule has 0 aliphatic heterocycles. The Morgan fingerprint density at radius 2 is 0.763 bits per heavy atom.